The van der Waals surface area contributed by atoms with Gasteiger partial charge in [0.15, 0.2) is 0 Å². The molecule has 0 aliphatic heterocycles. The van der Waals surface area contributed by atoms with Gasteiger partial charge in [0.1, 0.15) is 5.82 Å². The number of unbranched alkanes of at least 4 members (excludes halogenated alkanes) is 1. The molecule has 1 aromatic rings. The third kappa shape index (κ3) is 4.43. The van der Waals surface area contributed by atoms with Crippen LogP contribution in [0.3, 0.4) is 0 Å². The molecule has 1 rings (SSSR count). The normalized spacial score (nSPS) is 11.8. The van der Waals surface area contributed by atoms with Crippen LogP contribution >= 0.6 is 11.8 Å². The zero-order valence-electron chi connectivity index (χ0n) is 8.48. The molecule has 0 N–H and O–H groups in total. The van der Waals surface area contributed by atoms with E-state index in [1.54, 1.807) is 0 Å². The number of rotatable bonds is 4. The van der Waals surface area contributed by atoms with Gasteiger partial charge >= 0.3 is 5.51 Å². The van der Waals surface area contributed by atoms with E-state index in [1.165, 1.54) is 6.07 Å². The van der Waals surface area contributed by atoms with E-state index in [1.807, 2.05) is 0 Å². The van der Waals surface area contributed by atoms with Gasteiger partial charge in [-0.2, -0.15) is 13.2 Å². The lowest BCUT2D eigenvalue weighted by Crippen LogP contribution is -2.00. The summed E-state index contributed by atoms with van der Waals surface area (Å²) >= 11 is -0.225. The van der Waals surface area contributed by atoms with Crippen molar-refractivity contribution in [3.63, 3.8) is 0 Å². The fourth-order valence-electron chi connectivity index (χ4n) is 1.26. The lowest BCUT2D eigenvalue weighted by Gasteiger charge is -2.08. The molecule has 0 aliphatic carbocycles. The lowest BCUT2D eigenvalue weighted by molar-refractivity contribution is -0.0328. The Morgan fingerprint density at radius 2 is 1.94 bits per heavy atom. The van der Waals surface area contributed by atoms with E-state index >= 15 is 0 Å². The van der Waals surface area contributed by atoms with Crippen LogP contribution in [0.4, 0.5) is 17.6 Å². The summed E-state index contributed by atoms with van der Waals surface area (Å²) < 4.78 is 49.5. The molecule has 16 heavy (non-hydrogen) atoms. The molecule has 0 amide bonds. The topological polar surface area (TPSA) is 0 Å². The molecule has 0 heterocycles. The average molecular weight is 251 g/mol. The highest BCUT2D eigenvalue weighted by atomic mass is 32.2. The summed E-state index contributed by atoms with van der Waals surface area (Å²) in [6.45, 7) is 3.60. The first kappa shape index (κ1) is 13.4. The Balaban J connectivity index is 2.81. The minimum Gasteiger partial charge on any atom is -0.207 e. The predicted molar refractivity (Wildman–Crippen MR) is 56.6 cm³/mol. The summed E-state index contributed by atoms with van der Waals surface area (Å²) in [5, 5.41) is 0. The molecule has 0 spiro atoms. The van der Waals surface area contributed by atoms with Crippen LogP contribution in [0.25, 0.3) is 0 Å². The highest BCUT2D eigenvalue weighted by Gasteiger charge is 2.29. The zero-order chi connectivity index (χ0) is 12.2. The molecular formula is C11H11F4S. The van der Waals surface area contributed by atoms with Crippen molar-refractivity contribution in [1.29, 1.82) is 0 Å². The first-order chi connectivity index (χ1) is 7.42. The van der Waals surface area contributed by atoms with Gasteiger partial charge in [0.2, 0.25) is 0 Å². The second kappa shape index (κ2) is 5.57. The van der Waals surface area contributed by atoms with Crippen LogP contribution in [-0.2, 0) is 6.42 Å². The van der Waals surface area contributed by atoms with Crippen molar-refractivity contribution in [2.24, 2.45) is 0 Å². The molecule has 0 atom stereocenters. The highest BCUT2D eigenvalue weighted by Crippen LogP contribution is 2.37. The standard InChI is InChI=1S/C11H11F4S/c1-2-3-4-8-7-9(5-6-10(8)12)16-11(13,14)15/h5-7H,1-4H2. The maximum absolute atomic E-state index is 13.2. The predicted octanol–water partition coefficient (Wildman–Crippen LogP) is 4.59. The van der Waals surface area contributed by atoms with Crippen molar-refractivity contribution in [2.45, 2.75) is 29.7 Å². The van der Waals surface area contributed by atoms with Gasteiger partial charge in [-0.25, -0.2) is 4.39 Å². The van der Waals surface area contributed by atoms with E-state index in [0.29, 0.717) is 24.8 Å². The largest absolute Gasteiger partial charge is 0.446 e. The number of aryl methyl sites for hydroxylation is 1. The van der Waals surface area contributed by atoms with E-state index < -0.39 is 11.3 Å². The first-order valence-corrected chi connectivity index (χ1v) is 5.57. The maximum atomic E-state index is 13.2. The molecule has 0 nitrogen and oxygen atoms in total. The molecule has 0 bridgehead atoms. The van der Waals surface area contributed by atoms with Crippen LogP contribution in [0.5, 0.6) is 0 Å². The van der Waals surface area contributed by atoms with E-state index in [0.717, 1.165) is 12.1 Å². The fraction of sp³-hybridized carbons (Fsp3) is 0.364. The minimum absolute atomic E-state index is 0.0213. The van der Waals surface area contributed by atoms with Crippen molar-refractivity contribution in [1.82, 2.24) is 0 Å². The summed E-state index contributed by atoms with van der Waals surface area (Å²) in [7, 11) is 0. The molecule has 0 unspecified atom stereocenters. The number of thioether (sulfide) groups is 1. The third-order valence-electron chi connectivity index (χ3n) is 1.95. The Morgan fingerprint density at radius 3 is 2.50 bits per heavy atom. The van der Waals surface area contributed by atoms with Crippen molar-refractivity contribution < 1.29 is 17.6 Å². The molecule has 0 saturated carbocycles. The van der Waals surface area contributed by atoms with Gasteiger partial charge in [-0.3, -0.25) is 0 Å². The maximum Gasteiger partial charge on any atom is 0.446 e. The smallest absolute Gasteiger partial charge is 0.207 e. The van der Waals surface area contributed by atoms with Crippen molar-refractivity contribution in [3.05, 3.63) is 36.5 Å². The van der Waals surface area contributed by atoms with Crippen molar-refractivity contribution >= 4 is 11.8 Å². The quantitative estimate of drug-likeness (QED) is 0.557. The number of benzene rings is 1. The lowest BCUT2D eigenvalue weighted by atomic mass is 10.1. The Kier molecular flexibility index (Phi) is 4.65. The van der Waals surface area contributed by atoms with Gasteiger partial charge in [0.05, 0.1) is 0 Å². The SMILES string of the molecule is [CH2]CCCc1cc(SC(F)(F)F)ccc1F. The van der Waals surface area contributed by atoms with E-state index in [9.17, 15) is 17.6 Å². The van der Waals surface area contributed by atoms with Gasteiger partial charge in [0, 0.05) is 4.90 Å². The zero-order valence-corrected chi connectivity index (χ0v) is 9.30. The average Bonchev–Trinajstić information content (AvgIpc) is 2.17. The molecule has 0 fully saturated rings. The Labute approximate surface area is 96.0 Å². The first-order valence-electron chi connectivity index (χ1n) is 4.76. The van der Waals surface area contributed by atoms with Crippen LogP contribution < -0.4 is 0 Å². The molecular weight excluding hydrogens is 240 g/mol. The molecule has 0 aromatic heterocycles. The molecule has 1 radical (unpaired) electrons. The highest BCUT2D eigenvalue weighted by molar-refractivity contribution is 8.00. The molecule has 5 heteroatoms. The van der Waals surface area contributed by atoms with Gasteiger partial charge in [-0.15, -0.1) is 0 Å². The summed E-state index contributed by atoms with van der Waals surface area (Å²) in [5.41, 5.74) is -4.01. The Bertz CT molecular complexity index is 346. The van der Waals surface area contributed by atoms with E-state index in [4.69, 9.17) is 0 Å². The molecule has 89 valence electrons. The minimum atomic E-state index is -4.33. The number of halogens is 4. The van der Waals surface area contributed by atoms with Crippen LogP contribution in [0.2, 0.25) is 0 Å². The van der Waals surface area contributed by atoms with Gasteiger partial charge in [0.25, 0.3) is 0 Å². The van der Waals surface area contributed by atoms with Crippen LogP contribution in [0.1, 0.15) is 18.4 Å². The summed E-state index contributed by atoms with van der Waals surface area (Å²) in [6, 6.07) is 3.47. The summed E-state index contributed by atoms with van der Waals surface area (Å²) in [6.07, 6.45) is 1.72. The van der Waals surface area contributed by atoms with Crippen molar-refractivity contribution in [3.8, 4) is 0 Å². The molecule has 0 saturated heterocycles. The number of hydrogen-bond donors (Lipinski definition) is 0. The van der Waals surface area contributed by atoms with Gasteiger partial charge in [-0.1, -0.05) is 13.3 Å². The summed E-state index contributed by atoms with van der Waals surface area (Å²) in [5.74, 6) is -0.458. The van der Waals surface area contributed by atoms with Crippen LogP contribution in [0, 0.1) is 12.7 Å². The summed E-state index contributed by atoms with van der Waals surface area (Å²) in [4.78, 5) is 0.0213. The van der Waals surface area contributed by atoms with Gasteiger partial charge < -0.3 is 0 Å². The van der Waals surface area contributed by atoms with Crippen LogP contribution in [-0.4, -0.2) is 5.51 Å². The third-order valence-corrected chi connectivity index (χ3v) is 2.67. The van der Waals surface area contributed by atoms with Crippen LogP contribution in [0.15, 0.2) is 23.1 Å². The molecule has 1 aromatic carbocycles. The van der Waals surface area contributed by atoms with E-state index in [2.05, 4.69) is 6.92 Å². The number of alkyl halides is 3. The monoisotopic (exact) mass is 251 g/mol. The Hall–Kier alpha value is -0.710. The van der Waals surface area contributed by atoms with E-state index in [-0.39, 0.29) is 16.7 Å². The second-order valence-corrected chi connectivity index (χ2v) is 4.40. The Morgan fingerprint density at radius 1 is 1.25 bits per heavy atom. The number of hydrogen-bond acceptors (Lipinski definition) is 1. The van der Waals surface area contributed by atoms with Crippen molar-refractivity contribution in [2.75, 3.05) is 0 Å². The van der Waals surface area contributed by atoms with Gasteiger partial charge in [-0.05, 0) is 48.4 Å². The second-order valence-electron chi connectivity index (χ2n) is 3.26. The fourth-order valence-corrected chi connectivity index (χ4v) is 1.86. The molecule has 0 aliphatic rings.